The molecule has 1 atom stereocenters. The summed E-state index contributed by atoms with van der Waals surface area (Å²) >= 11 is 0. The fourth-order valence-electron chi connectivity index (χ4n) is 0.933. The molecule has 0 fully saturated rings. The molecule has 1 aromatic heterocycles. The smallest absolute Gasteiger partial charge is 0.140 e. The molecule has 4 heteroatoms. The number of aliphatic hydroxyl groups is 1. The molecule has 0 bridgehead atoms. The van der Waals surface area contributed by atoms with Crippen LogP contribution in [0.3, 0.4) is 0 Å². The van der Waals surface area contributed by atoms with E-state index in [9.17, 15) is 5.11 Å². The summed E-state index contributed by atoms with van der Waals surface area (Å²) in [5, 5.41) is 17.9. The molecule has 4 nitrogen and oxygen atoms in total. The molecular formula is C9H10N2O2. The van der Waals surface area contributed by atoms with Crippen molar-refractivity contribution < 1.29 is 9.84 Å². The third-order valence-corrected chi connectivity index (χ3v) is 1.66. The first-order valence-electron chi connectivity index (χ1n) is 3.81. The number of ether oxygens (including phenoxy) is 1. The van der Waals surface area contributed by atoms with Crippen molar-refractivity contribution in [3.05, 3.63) is 23.5 Å². The van der Waals surface area contributed by atoms with Gasteiger partial charge in [-0.25, -0.2) is 0 Å². The summed E-state index contributed by atoms with van der Waals surface area (Å²) < 4.78 is 4.95. The molecule has 1 heterocycles. The van der Waals surface area contributed by atoms with E-state index < -0.39 is 6.10 Å². The van der Waals surface area contributed by atoms with Crippen LogP contribution in [0.1, 0.15) is 24.3 Å². The van der Waals surface area contributed by atoms with Gasteiger partial charge < -0.3 is 9.84 Å². The molecule has 0 aliphatic heterocycles. The number of nitriles is 1. The third-order valence-electron chi connectivity index (χ3n) is 1.66. The van der Waals surface area contributed by atoms with E-state index in [0.717, 1.165) is 0 Å². The molecule has 1 unspecified atom stereocenters. The summed E-state index contributed by atoms with van der Waals surface area (Å²) in [6.07, 6.45) is 0.739. The number of pyridine rings is 1. The van der Waals surface area contributed by atoms with Crippen molar-refractivity contribution in [2.75, 3.05) is 7.11 Å². The van der Waals surface area contributed by atoms with E-state index in [1.807, 2.05) is 6.07 Å². The molecule has 0 spiro atoms. The van der Waals surface area contributed by atoms with Crippen LogP contribution in [0.2, 0.25) is 0 Å². The van der Waals surface area contributed by atoms with Gasteiger partial charge in [-0.1, -0.05) is 0 Å². The largest absolute Gasteiger partial charge is 0.495 e. The fraction of sp³-hybridized carbons (Fsp3) is 0.333. The molecular weight excluding hydrogens is 168 g/mol. The molecule has 0 saturated carbocycles. The number of hydrogen-bond donors (Lipinski definition) is 1. The Morgan fingerprint density at radius 3 is 2.85 bits per heavy atom. The second-order valence-corrected chi connectivity index (χ2v) is 2.60. The van der Waals surface area contributed by atoms with Crippen molar-refractivity contribution in [3.63, 3.8) is 0 Å². The Bertz CT molecular complexity index is 342. The summed E-state index contributed by atoms with van der Waals surface area (Å²) in [7, 11) is 1.47. The summed E-state index contributed by atoms with van der Waals surface area (Å²) in [6, 6.07) is 3.50. The highest BCUT2D eigenvalue weighted by molar-refractivity contribution is 5.42. The lowest BCUT2D eigenvalue weighted by Gasteiger charge is -2.06. The topological polar surface area (TPSA) is 66.1 Å². The van der Waals surface area contributed by atoms with Crippen LogP contribution in [0.25, 0.3) is 0 Å². The van der Waals surface area contributed by atoms with Gasteiger partial charge in [-0.2, -0.15) is 5.26 Å². The van der Waals surface area contributed by atoms with Crippen LogP contribution in [-0.4, -0.2) is 17.2 Å². The summed E-state index contributed by atoms with van der Waals surface area (Å²) in [4.78, 5) is 3.91. The van der Waals surface area contributed by atoms with Crippen LogP contribution in [-0.2, 0) is 0 Å². The highest BCUT2D eigenvalue weighted by atomic mass is 16.5. The van der Waals surface area contributed by atoms with Crippen LogP contribution in [0.15, 0.2) is 12.3 Å². The molecule has 1 aromatic rings. The number of methoxy groups -OCH3 is 1. The predicted molar refractivity (Wildman–Crippen MR) is 46.1 cm³/mol. The zero-order chi connectivity index (χ0) is 9.84. The Hall–Kier alpha value is -1.60. The van der Waals surface area contributed by atoms with Crippen molar-refractivity contribution in [2.45, 2.75) is 13.0 Å². The van der Waals surface area contributed by atoms with Crippen LogP contribution in [0.4, 0.5) is 0 Å². The maximum atomic E-state index is 9.21. The average molecular weight is 178 g/mol. The SMILES string of the molecule is COc1cc(C(C)O)ncc1C#N. The maximum Gasteiger partial charge on any atom is 0.140 e. The molecule has 1 N–H and O–H groups in total. The lowest BCUT2D eigenvalue weighted by Crippen LogP contribution is -1.98. The minimum atomic E-state index is -0.651. The Kier molecular flexibility index (Phi) is 2.83. The first kappa shape index (κ1) is 9.49. The summed E-state index contributed by atoms with van der Waals surface area (Å²) in [5.74, 6) is 0.438. The van der Waals surface area contributed by atoms with Crippen molar-refractivity contribution in [3.8, 4) is 11.8 Å². The normalized spacial score (nSPS) is 11.8. The Morgan fingerprint density at radius 1 is 1.69 bits per heavy atom. The standard InChI is InChI=1S/C9H10N2O2/c1-6(12)8-3-9(13-2)7(4-10)5-11-8/h3,5-6,12H,1-2H3. The van der Waals surface area contributed by atoms with Crippen molar-refractivity contribution in [1.82, 2.24) is 4.98 Å². The number of aromatic nitrogens is 1. The molecule has 0 saturated heterocycles. The van der Waals surface area contributed by atoms with Crippen molar-refractivity contribution in [2.24, 2.45) is 0 Å². The number of aliphatic hydroxyl groups excluding tert-OH is 1. The summed E-state index contributed by atoms with van der Waals surface area (Å²) in [5.41, 5.74) is 0.864. The van der Waals surface area contributed by atoms with Crippen LogP contribution in [0.5, 0.6) is 5.75 Å². The van der Waals surface area contributed by atoms with E-state index in [1.54, 1.807) is 13.0 Å². The molecule has 0 radical (unpaired) electrons. The third kappa shape index (κ3) is 1.95. The Morgan fingerprint density at radius 2 is 2.38 bits per heavy atom. The van der Waals surface area contributed by atoms with Crippen LogP contribution in [0, 0.1) is 11.3 Å². The van der Waals surface area contributed by atoms with Gasteiger partial charge in [-0.15, -0.1) is 0 Å². The average Bonchev–Trinajstić information content (AvgIpc) is 2.16. The van der Waals surface area contributed by atoms with E-state index >= 15 is 0 Å². The molecule has 68 valence electrons. The highest BCUT2D eigenvalue weighted by Crippen LogP contribution is 2.20. The van der Waals surface area contributed by atoms with Gasteiger partial charge in [0, 0.05) is 12.3 Å². The molecule has 0 aliphatic rings. The Balaban J connectivity index is 3.15. The van der Waals surface area contributed by atoms with Gasteiger partial charge in [0.2, 0.25) is 0 Å². The molecule has 0 aliphatic carbocycles. The van der Waals surface area contributed by atoms with Crippen LogP contribution < -0.4 is 4.74 Å². The number of hydrogen-bond acceptors (Lipinski definition) is 4. The number of rotatable bonds is 2. The molecule has 0 aromatic carbocycles. The van der Waals surface area contributed by atoms with Gasteiger partial charge in [0.15, 0.2) is 0 Å². The van der Waals surface area contributed by atoms with Crippen molar-refractivity contribution >= 4 is 0 Å². The van der Waals surface area contributed by atoms with E-state index in [4.69, 9.17) is 10.00 Å². The highest BCUT2D eigenvalue weighted by Gasteiger charge is 2.07. The van der Waals surface area contributed by atoms with E-state index in [-0.39, 0.29) is 0 Å². The minimum absolute atomic E-state index is 0.368. The van der Waals surface area contributed by atoms with E-state index in [2.05, 4.69) is 4.98 Å². The van der Waals surface area contributed by atoms with Gasteiger partial charge in [0.1, 0.15) is 17.4 Å². The van der Waals surface area contributed by atoms with Gasteiger partial charge in [-0.3, -0.25) is 4.98 Å². The minimum Gasteiger partial charge on any atom is -0.495 e. The zero-order valence-electron chi connectivity index (χ0n) is 7.48. The second kappa shape index (κ2) is 3.87. The predicted octanol–water partition coefficient (Wildman–Crippen LogP) is 1.02. The first-order valence-corrected chi connectivity index (χ1v) is 3.81. The summed E-state index contributed by atoms with van der Waals surface area (Å²) in [6.45, 7) is 1.60. The lowest BCUT2D eigenvalue weighted by molar-refractivity contribution is 0.194. The maximum absolute atomic E-state index is 9.21. The quantitative estimate of drug-likeness (QED) is 0.734. The van der Waals surface area contributed by atoms with E-state index in [1.165, 1.54) is 13.3 Å². The monoisotopic (exact) mass is 178 g/mol. The first-order chi connectivity index (χ1) is 6.19. The van der Waals surface area contributed by atoms with Crippen molar-refractivity contribution in [1.29, 1.82) is 5.26 Å². The lowest BCUT2D eigenvalue weighted by atomic mass is 10.2. The van der Waals surface area contributed by atoms with Crippen LogP contribution >= 0.6 is 0 Å². The molecule has 0 amide bonds. The van der Waals surface area contributed by atoms with Gasteiger partial charge >= 0.3 is 0 Å². The van der Waals surface area contributed by atoms with Gasteiger partial charge in [-0.05, 0) is 6.92 Å². The van der Waals surface area contributed by atoms with Gasteiger partial charge in [0.05, 0.1) is 18.9 Å². The number of nitrogens with zero attached hydrogens (tertiary/aromatic N) is 2. The Labute approximate surface area is 76.4 Å². The molecule has 1 rings (SSSR count). The second-order valence-electron chi connectivity index (χ2n) is 2.60. The zero-order valence-corrected chi connectivity index (χ0v) is 7.48. The fourth-order valence-corrected chi connectivity index (χ4v) is 0.933. The van der Waals surface area contributed by atoms with E-state index in [0.29, 0.717) is 17.0 Å². The van der Waals surface area contributed by atoms with Gasteiger partial charge in [0.25, 0.3) is 0 Å². The molecule has 13 heavy (non-hydrogen) atoms.